The molecule has 0 spiro atoms. The summed E-state index contributed by atoms with van der Waals surface area (Å²) in [6.07, 6.45) is 2.58. The quantitative estimate of drug-likeness (QED) is 0.0531. The Labute approximate surface area is 360 Å². The van der Waals surface area contributed by atoms with Crippen LogP contribution < -0.4 is 16.4 Å². The van der Waals surface area contributed by atoms with Gasteiger partial charge in [0.25, 0.3) is 0 Å². The second-order valence-corrected chi connectivity index (χ2v) is 12.6. The van der Waals surface area contributed by atoms with E-state index in [2.05, 4.69) is 13.8 Å². The van der Waals surface area contributed by atoms with Crippen molar-refractivity contribution in [2.45, 2.75) is 6.32 Å². The van der Waals surface area contributed by atoms with Crippen molar-refractivity contribution in [1.82, 2.24) is 0 Å². The third kappa shape index (κ3) is 10.9. The van der Waals surface area contributed by atoms with Crippen molar-refractivity contribution in [3.05, 3.63) is 241 Å². The van der Waals surface area contributed by atoms with Crippen molar-refractivity contribution in [1.29, 1.82) is 0 Å². The minimum absolute atomic E-state index is 0. The van der Waals surface area contributed by atoms with Gasteiger partial charge in [0, 0.05) is 0 Å². The van der Waals surface area contributed by atoms with Crippen LogP contribution in [0, 0.1) is 133 Å². The summed E-state index contributed by atoms with van der Waals surface area (Å²) in [5.74, 6) is -45.2. The van der Waals surface area contributed by atoms with Gasteiger partial charge in [-0.3, -0.25) is 0 Å². The molecule has 61 heavy (non-hydrogen) atoms. The normalized spacial score (nSPS) is 11.9. The molecule has 0 saturated heterocycles. The topological polar surface area (TPSA) is 0 Å². The molecular weight excluding hydrogens is 915 g/mol. The van der Waals surface area contributed by atoms with Crippen LogP contribution in [0.3, 0.4) is 0 Å². The van der Waals surface area contributed by atoms with Gasteiger partial charge in [0.2, 0.25) is 0 Å². The Balaban J connectivity index is 0.000000401. The van der Waals surface area contributed by atoms with Crippen molar-refractivity contribution in [2.24, 2.45) is 0 Å². The summed E-state index contributed by atoms with van der Waals surface area (Å²) >= 11 is 0. The van der Waals surface area contributed by atoms with Crippen LogP contribution in [0.2, 0.25) is 0 Å². The van der Waals surface area contributed by atoms with E-state index in [-0.39, 0.29) is 26.2 Å². The average Bonchev–Trinajstić information content (AvgIpc) is 3.85. The van der Waals surface area contributed by atoms with Gasteiger partial charge >= 0.3 is 26.2 Å². The fourth-order valence-corrected chi connectivity index (χ4v) is 6.15. The molecule has 313 valence electrons. The molecule has 6 aromatic carbocycles. The van der Waals surface area contributed by atoms with Crippen LogP contribution in [0.5, 0.6) is 0 Å². The van der Waals surface area contributed by atoms with Crippen LogP contribution in [0.4, 0.5) is 65.9 Å². The maximum Gasteiger partial charge on any atom is 4.00 e. The van der Waals surface area contributed by atoms with Gasteiger partial charge < -0.3 is 0 Å². The molecule has 17 heteroatoms. The van der Waals surface area contributed by atoms with Crippen molar-refractivity contribution < 1.29 is 92.1 Å². The Bertz CT molecular complexity index is 2110. The first-order valence-electron chi connectivity index (χ1n) is 17.1. The first-order chi connectivity index (χ1) is 28.4. The summed E-state index contributed by atoms with van der Waals surface area (Å²) in [5, 5.41) is 0. The van der Waals surface area contributed by atoms with Gasteiger partial charge in [0.05, 0.1) is 0 Å². The van der Waals surface area contributed by atoms with Crippen molar-refractivity contribution in [3.63, 3.8) is 0 Å². The first kappa shape index (κ1) is 50.3. The summed E-state index contributed by atoms with van der Waals surface area (Å²) in [6.45, 7) is 7.44. The standard InChI is InChI=1S/C25H7BF15.2C7H7.C5H5.Zr/c27-11-8(12(28)18(34)23(39)17(11)33)26(6-7-4-2-1-3-5-7,9-13(29)19(35)24(40)20(36)14(9)30)10-15(31)21(37)25(41)22(38)16(10)32;2*1-7-5-3-2-4-6-7;1-2-4-5-3-1;/h1-5H,6H2;2*2-6H,1H2;1-5H;/q3*-1;;+4. The van der Waals surface area contributed by atoms with Gasteiger partial charge in [-0.1, -0.05) is 48.0 Å². The van der Waals surface area contributed by atoms with Crippen molar-refractivity contribution in [3.8, 4) is 0 Å². The van der Waals surface area contributed by atoms with Gasteiger partial charge in [0.15, 0.2) is 52.4 Å². The van der Waals surface area contributed by atoms with E-state index in [9.17, 15) is 39.5 Å². The van der Waals surface area contributed by atoms with Crippen molar-refractivity contribution in [2.75, 3.05) is 0 Å². The summed E-state index contributed by atoms with van der Waals surface area (Å²) in [6, 6.07) is 24.7. The van der Waals surface area contributed by atoms with E-state index in [1.54, 1.807) is 0 Å². The second-order valence-electron chi connectivity index (χ2n) is 12.6. The number of hydrogen-bond acceptors (Lipinski definition) is 0. The summed E-state index contributed by atoms with van der Waals surface area (Å²) in [7, 11) is 0. The molecule has 0 bridgehead atoms. The average molecular weight is 942 g/mol. The molecule has 0 N–H and O–H groups in total. The van der Waals surface area contributed by atoms with E-state index in [1.165, 1.54) is 6.07 Å². The number of rotatable bonds is 5. The van der Waals surface area contributed by atoms with E-state index in [0.717, 1.165) is 35.4 Å². The Kier molecular flexibility index (Phi) is 18.3. The molecule has 0 aromatic heterocycles. The summed E-state index contributed by atoms with van der Waals surface area (Å²) < 4.78 is 220. The van der Waals surface area contributed by atoms with Gasteiger partial charge in [0.1, 0.15) is 41.0 Å². The van der Waals surface area contributed by atoms with Gasteiger partial charge in [-0.05, 0) is 32.1 Å². The third-order valence-electron chi connectivity index (χ3n) is 8.84. The predicted octanol–water partition coefficient (Wildman–Crippen LogP) is 10.8. The number of halogens is 15. The fourth-order valence-electron chi connectivity index (χ4n) is 6.15. The predicted molar refractivity (Wildman–Crippen MR) is 197 cm³/mol. The molecule has 0 nitrogen and oxygen atoms in total. The molecule has 1 fully saturated rings. The molecule has 1 aliphatic carbocycles. The summed E-state index contributed by atoms with van der Waals surface area (Å²) in [4.78, 5) is 0. The molecular formula is C44H26BF15Zr+. The van der Waals surface area contributed by atoms with E-state index in [1.807, 2.05) is 92.8 Å². The molecule has 7 rings (SSSR count). The van der Waals surface area contributed by atoms with Crippen LogP contribution in [0.1, 0.15) is 16.7 Å². The second kappa shape index (κ2) is 22.2. The van der Waals surface area contributed by atoms with Gasteiger partial charge in [-0.15, -0.1) is 47.0 Å². The Morgan fingerprint density at radius 2 is 0.492 bits per heavy atom. The molecule has 0 aliphatic heterocycles. The Morgan fingerprint density at radius 1 is 0.295 bits per heavy atom. The van der Waals surface area contributed by atoms with Crippen molar-refractivity contribution >= 4 is 22.5 Å². The smallest absolute Gasteiger partial charge is 0.207 e. The van der Waals surface area contributed by atoms with Crippen LogP contribution in [-0.2, 0) is 32.5 Å². The van der Waals surface area contributed by atoms with Crippen LogP contribution >= 0.6 is 0 Å². The maximum atomic E-state index is 15.3. The molecule has 1 saturated carbocycles. The van der Waals surface area contributed by atoms with Crippen LogP contribution in [-0.4, -0.2) is 6.15 Å². The maximum absolute atomic E-state index is 15.3. The Hall–Kier alpha value is -5.04. The van der Waals surface area contributed by atoms with Crippen LogP contribution in [0.15, 0.2) is 91.0 Å². The van der Waals surface area contributed by atoms with Gasteiger partial charge in [-0.25, -0.2) is 65.9 Å². The zero-order chi connectivity index (χ0) is 44.5. The molecule has 6 aromatic rings. The fraction of sp³-hybridized carbons (Fsp3) is 0.0227. The first-order valence-corrected chi connectivity index (χ1v) is 17.1. The monoisotopic (exact) mass is 940 g/mol. The van der Waals surface area contributed by atoms with E-state index in [4.69, 9.17) is 0 Å². The molecule has 0 atom stereocenters. The molecule has 0 amide bonds. The number of benzene rings is 6. The number of hydrogen-bond donors (Lipinski definition) is 0. The third-order valence-corrected chi connectivity index (χ3v) is 8.84. The Morgan fingerprint density at radius 3 is 0.689 bits per heavy atom. The minimum Gasteiger partial charge on any atom is -0.207 e. The molecule has 5 radical (unpaired) electrons. The van der Waals surface area contributed by atoms with Gasteiger partial charge in [-0.2, -0.15) is 49.2 Å². The minimum atomic E-state index is -5.59. The zero-order valence-corrected chi connectivity index (χ0v) is 33.4. The summed E-state index contributed by atoms with van der Waals surface area (Å²) in [5.41, 5.74) is -6.35. The molecule has 1 aliphatic rings. The van der Waals surface area contributed by atoms with E-state index < -0.39 is 122 Å². The molecule has 0 heterocycles. The largest absolute Gasteiger partial charge is 4.00 e. The SMILES string of the molecule is Fc1c(F)c(F)c([B-](Cc2ccccc2)(c2c(F)c(F)c(F)c(F)c2F)c2c(F)c(F)c(F)c(F)c2F)c(F)c1F.[CH2-]c1ccccc1.[CH2-]c1ccccc1.[CH]1[CH][CH][CH][CH]1.[Zr+4]. The van der Waals surface area contributed by atoms with E-state index >= 15 is 26.3 Å². The molecule has 0 unspecified atom stereocenters. The van der Waals surface area contributed by atoms with Crippen LogP contribution in [0.25, 0.3) is 0 Å². The van der Waals surface area contributed by atoms with E-state index in [0.29, 0.717) is 0 Å². The zero-order valence-electron chi connectivity index (χ0n) is 30.9.